The number of methoxy groups -OCH3 is 1. The molecule has 2 heterocycles. The number of hydrogen-bond acceptors (Lipinski definition) is 6. The fraction of sp³-hybridized carbons (Fsp3) is 0.750. The SMILES string of the molecule is CNc1nc(OC)nc(N2CCCCCCC2)n1. The Morgan fingerprint density at radius 3 is 2.28 bits per heavy atom. The molecular formula is C12H21N5O. The van der Waals surface area contributed by atoms with Crippen LogP contribution in [0.1, 0.15) is 32.1 Å². The van der Waals surface area contributed by atoms with Crippen LogP contribution >= 0.6 is 0 Å². The van der Waals surface area contributed by atoms with Crippen LogP contribution in [0.5, 0.6) is 6.01 Å². The predicted molar refractivity (Wildman–Crippen MR) is 71.2 cm³/mol. The van der Waals surface area contributed by atoms with E-state index in [2.05, 4.69) is 25.2 Å². The number of rotatable bonds is 3. The number of nitrogens with one attached hydrogen (secondary N) is 1. The highest BCUT2D eigenvalue weighted by Gasteiger charge is 2.14. The molecule has 1 aliphatic rings. The van der Waals surface area contributed by atoms with Gasteiger partial charge in [-0.05, 0) is 12.8 Å². The number of hydrogen-bond donors (Lipinski definition) is 1. The monoisotopic (exact) mass is 251 g/mol. The molecule has 1 aromatic heterocycles. The lowest BCUT2D eigenvalue weighted by Gasteiger charge is -2.24. The van der Waals surface area contributed by atoms with E-state index in [-0.39, 0.29) is 0 Å². The van der Waals surface area contributed by atoms with Gasteiger partial charge in [-0.2, -0.15) is 15.0 Å². The number of aromatic nitrogens is 3. The van der Waals surface area contributed by atoms with Gasteiger partial charge in [0.2, 0.25) is 11.9 Å². The first-order valence-corrected chi connectivity index (χ1v) is 6.56. The maximum Gasteiger partial charge on any atom is 0.322 e. The quantitative estimate of drug-likeness (QED) is 0.882. The van der Waals surface area contributed by atoms with Gasteiger partial charge in [0.15, 0.2) is 0 Å². The summed E-state index contributed by atoms with van der Waals surface area (Å²) in [6, 6.07) is 0.367. The molecule has 1 aliphatic heterocycles. The van der Waals surface area contributed by atoms with Crippen molar-refractivity contribution in [2.24, 2.45) is 0 Å². The van der Waals surface area contributed by atoms with Gasteiger partial charge in [0.25, 0.3) is 0 Å². The molecule has 0 aliphatic carbocycles. The minimum atomic E-state index is 0.367. The Balaban J connectivity index is 2.18. The molecule has 18 heavy (non-hydrogen) atoms. The zero-order valence-corrected chi connectivity index (χ0v) is 11.1. The molecule has 0 radical (unpaired) electrons. The van der Waals surface area contributed by atoms with Gasteiger partial charge in [0.05, 0.1) is 7.11 Å². The van der Waals surface area contributed by atoms with Gasteiger partial charge in [0, 0.05) is 20.1 Å². The summed E-state index contributed by atoms with van der Waals surface area (Å²) in [4.78, 5) is 15.1. The number of ether oxygens (including phenoxy) is 1. The Labute approximate surface area is 108 Å². The predicted octanol–water partition coefficient (Wildman–Crippen LogP) is 1.69. The van der Waals surface area contributed by atoms with Crippen LogP contribution in [-0.2, 0) is 0 Å². The van der Waals surface area contributed by atoms with Crippen LogP contribution in [0.2, 0.25) is 0 Å². The van der Waals surface area contributed by atoms with Crippen molar-refractivity contribution in [1.29, 1.82) is 0 Å². The van der Waals surface area contributed by atoms with Crippen LogP contribution in [0.4, 0.5) is 11.9 Å². The van der Waals surface area contributed by atoms with Crippen molar-refractivity contribution in [2.45, 2.75) is 32.1 Å². The summed E-state index contributed by atoms with van der Waals surface area (Å²) in [5.41, 5.74) is 0. The second kappa shape index (κ2) is 6.37. The molecule has 0 atom stereocenters. The lowest BCUT2D eigenvalue weighted by atomic mass is 10.1. The minimum Gasteiger partial charge on any atom is -0.467 e. The molecule has 6 heteroatoms. The lowest BCUT2D eigenvalue weighted by molar-refractivity contribution is 0.378. The summed E-state index contributed by atoms with van der Waals surface area (Å²) in [6.45, 7) is 2.02. The highest BCUT2D eigenvalue weighted by molar-refractivity contribution is 5.38. The molecule has 1 saturated heterocycles. The molecule has 1 aromatic rings. The van der Waals surface area contributed by atoms with E-state index in [0.717, 1.165) is 13.1 Å². The molecule has 1 N–H and O–H groups in total. The molecule has 0 bridgehead atoms. The van der Waals surface area contributed by atoms with Gasteiger partial charge in [-0.1, -0.05) is 19.3 Å². The molecule has 0 unspecified atom stereocenters. The van der Waals surface area contributed by atoms with Gasteiger partial charge < -0.3 is 15.0 Å². The van der Waals surface area contributed by atoms with Crippen molar-refractivity contribution in [1.82, 2.24) is 15.0 Å². The molecular weight excluding hydrogens is 230 g/mol. The Kier molecular flexibility index (Phi) is 4.55. The number of nitrogens with zero attached hydrogens (tertiary/aromatic N) is 4. The Bertz CT molecular complexity index is 354. The standard InChI is InChI=1S/C12H21N5O/c1-13-10-14-11(16-12(15-10)18-2)17-8-6-4-3-5-7-9-17/h3-9H2,1-2H3,(H,13,14,15,16). The fourth-order valence-corrected chi connectivity index (χ4v) is 2.14. The van der Waals surface area contributed by atoms with Crippen molar-refractivity contribution in [3.63, 3.8) is 0 Å². The largest absolute Gasteiger partial charge is 0.467 e. The first-order valence-electron chi connectivity index (χ1n) is 6.56. The van der Waals surface area contributed by atoms with Crippen LogP contribution < -0.4 is 15.0 Å². The van der Waals surface area contributed by atoms with E-state index in [1.165, 1.54) is 32.1 Å². The summed E-state index contributed by atoms with van der Waals surface area (Å²) < 4.78 is 5.12. The Hall–Kier alpha value is -1.59. The van der Waals surface area contributed by atoms with Crippen LogP contribution in [0, 0.1) is 0 Å². The third-order valence-electron chi connectivity index (χ3n) is 3.15. The van der Waals surface area contributed by atoms with E-state index in [1.54, 1.807) is 14.2 Å². The molecule has 0 aromatic carbocycles. The molecule has 0 amide bonds. The molecule has 0 saturated carbocycles. The average Bonchev–Trinajstić information content (AvgIpc) is 2.37. The van der Waals surface area contributed by atoms with Gasteiger partial charge in [0.1, 0.15) is 0 Å². The fourth-order valence-electron chi connectivity index (χ4n) is 2.14. The van der Waals surface area contributed by atoms with Crippen LogP contribution in [0.25, 0.3) is 0 Å². The van der Waals surface area contributed by atoms with Gasteiger partial charge in [-0.3, -0.25) is 0 Å². The maximum atomic E-state index is 5.12. The highest BCUT2D eigenvalue weighted by atomic mass is 16.5. The number of anilines is 2. The second-order valence-corrected chi connectivity index (χ2v) is 4.45. The van der Waals surface area contributed by atoms with E-state index < -0.39 is 0 Å². The summed E-state index contributed by atoms with van der Waals surface area (Å²) in [6.07, 6.45) is 6.32. The van der Waals surface area contributed by atoms with Crippen molar-refractivity contribution < 1.29 is 4.74 Å². The maximum absolute atomic E-state index is 5.12. The molecule has 100 valence electrons. The smallest absolute Gasteiger partial charge is 0.322 e. The average molecular weight is 251 g/mol. The van der Waals surface area contributed by atoms with Crippen LogP contribution in [0.15, 0.2) is 0 Å². The zero-order valence-electron chi connectivity index (χ0n) is 11.1. The van der Waals surface area contributed by atoms with Crippen molar-refractivity contribution >= 4 is 11.9 Å². The summed E-state index contributed by atoms with van der Waals surface area (Å²) >= 11 is 0. The Morgan fingerprint density at radius 1 is 1.00 bits per heavy atom. The first-order chi connectivity index (χ1) is 8.83. The minimum absolute atomic E-state index is 0.367. The summed E-state index contributed by atoms with van der Waals surface area (Å²) in [7, 11) is 3.37. The van der Waals surface area contributed by atoms with Gasteiger partial charge in [-0.25, -0.2) is 0 Å². The van der Waals surface area contributed by atoms with Crippen molar-refractivity contribution in [3.8, 4) is 6.01 Å². The van der Waals surface area contributed by atoms with E-state index in [1.807, 2.05) is 0 Å². The lowest BCUT2D eigenvalue weighted by Crippen LogP contribution is -2.29. The molecule has 1 fully saturated rings. The van der Waals surface area contributed by atoms with Crippen molar-refractivity contribution in [2.75, 3.05) is 37.5 Å². The second-order valence-electron chi connectivity index (χ2n) is 4.45. The van der Waals surface area contributed by atoms with Gasteiger partial charge in [-0.15, -0.1) is 0 Å². The molecule has 6 nitrogen and oxygen atoms in total. The Morgan fingerprint density at radius 2 is 1.67 bits per heavy atom. The summed E-state index contributed by atoms with van der Waals surface area (Å²) in [5.74, 6) is 1.27. The zero-order chi connectivity index (χ0) is 12.8. The highest BCUT2D eigenvalue weighted by Crippen LogP contribution is 2.18. The van der Waals surface area contributed by atoms with Gasteiger partial charge >= 0.3 is 6.01 Å². The van der Waals surface area contributed by atoms with E-state index in [0.29, 0.717) is 17.9 Å². The summed E-state index contributed by atoms with van der Waals surface area (Å²) in [5, 5.41) is 2.94. The molecule has 0 spiro atoms. The van der Waals surface area contributed by atoms with Crippen LogP contribution in [-0.4, -0.2) is 42.2 Å². The van der Waals surface area contributed by atoms with E-state index >= 15 is 0 Å². The third kappa shape index (κ3) is 3.21. The normalized spacial score (nSPS) is 16.9. The van der Waals surface area contributed by atoms with E-state index in [4.69, 9.17) is 4.74 Å². The third-order valence-corrected chi connectivity index (χ3v) is 3.15. The van der Waals surface area contributed by atoms with Crippen molar-refractivity contribution in [3.05, 3.63) is 0 Å². The topological polar surface area (TPSA) is 63.2 Å². The first kappa shape index (κ1) is 12.9. The molecule has 2 rings (SSSR count). The van der Waals surface area contributed by atoms with Crippen LogP contribution in [0.3, 0.4) is 0 Å². The van der Waals surface area contributed by atoms with E-state index in [9.17, 15) is 0 Å².